The monoisotopic (exact) mass is 310 g/mol. The third kappa shape index (κ3) is 3.36. The number of anilines is 1. The van der Waals surface area contributed by atoms with E-state index in [1.165, 1.54) is 6.42 Å². The molecule has 4 heteroatoms. The molecule has 2 N–H and O–H groups in total. The first-order chi connectivity index (χ1) is 10.8. The number of nitrogens with two attached hydrogens (primary N) is 1. The molecule has 0 aliphatic heterocycles. The van der Waals surface area contributed by atoms with Crippen LogP contribution in [0, 0.1) is 5.92 Å². The number of hydrogen-bond acceptors (Lipinski definition) is 4. The second kappa shape index (κ2) is 5.91. The summed E-state index contributed by atoms with van der Waals surface area (Å²) in [6.45, 7) is 8.79. The summed E-state index contributed by atoms with van der Waals surface area (Å²) in [6, 6.07) is 4.11. The zero-order chi connectivity index (χ0) is 16.6. The quantitative estimate of drug-likeness (QED) is 0.897. The van der Waals surface area contributed by atoms with E-state index in [0.29, 0.717) is 11.7 Å². The molecule has 1 aliphatic carbocycles. The van der Waals surface area contributed by atoms with Crippen LogP contribution >= 0.6 is 0 Å². The van der Waals surface area contributed by atoms with Gasteiger partial charge in [0, 0.05) is 28.8 Å². The van der Waals surface area contributed by atoms with Gasteiger partial charge in [-0.15, -0.1) is 0 Å². The molecule has 2 unspecified atom stereocenters. The van der Waals surface area contributed by atoms with Crippen molar-refractivity contribution in [3.63, 3.8) is 0 Å². The first-order valence-electron chi connectivity index (χ1n) is 8.44. The van der Waals surface area contributed by atoms with Gasteiger partial charge in [0.1, 0.15) is 5.82 Å². The van der Waals surface area contributed by atoms with Crippen molar-refractivity contribution in [2.45, 2.75) is 58.3 Å². The molecule has 2 atom stereocenters. The predicted molar refractivity (Wildman–Crippen MR) is 94.1 cm³/mol. The summed E-state index contributed by atoms with van der Waals surface area (Å²) in [5, 5.41) is 0. The number of rotatable bonds is 2. The maximum atomic E-state index is 6.11. The molecule has 1 fully saturated rings. The number of nitrogens with zero attached hydrogens (tertiary/aromatic N) is 3. The van der Waals surface area contributed by atoms with Gasteiger partial charge in [0.25, 0.3) is 0 Å². The minimum Gasteiger partial charge on any atom is -0.382 e. The van der Waals surface area contributed by atoms with E-state index in [1.54, 1.807) is 6.20 Å². The molecule has 3 rings (SSSR count). The van der Waals surface area contributed by atoms with Crippen LogP contribution in [0.2, 0.25) is 0 Å². The molecule has 0 saturated heterocycles. The van der Waals surface area contributed by atoms with Gasteiger partial charge in [-0.25, -0.2) is 9.97 Å². The Labute approximate surface area is 138 Å². The molecule has 1 aliphatic rings. The van der Waals surface area contributed by atoms with Crippen molar-refractivity contribution in [1.29, 1.82) is 0 Å². The van der Waals surface area contributed by atoms with Crippen molar-refractivity contribution in [1.82, 2.24) is 15.0 Å². The fourth-order valence-electron chi connectivity index (χ4n) is 3.31. The zero-order valence-electron chi connectivity index (χ0n) is 14.5. The molecule has 0 spiro atoms. The topological polar surface area (TPSA) is 64.7 Å². The molecular formula is C19H26N4. The largest absolute Gasteiger partial charge is 0.382 e. The van der Waals surface area contributed by atoms with Crippen LogP contribution in [-0.4, -0.2) is 15.0 Å². The summed E-state index contributed by atoms with van der Waals surface area (Å²) in [4.78, 5) is 13.8. The van der Waals surface area contributed by atoms with Crippen molar-refractivity contribution in [2.24, 2.45) is 5.92 Å². The molecule has 2 heterocycles. The van der Waals surface area contributed by atoms with Gasteiger partial charge in [-0.3, -0.25) is 4.98 Å². The van der Waals surface area contributed by atoms with Gasteiger partial charge in [-0.1, -0.05) is 34.1 Å². The fourth-order valence-corrected chi connectivity index (χ4v) is 3.31. The van der Waals surface area contributed by atoms with Crippen LogP contribution < -0.4 is 5.73 Å². The first-order valence-corrected chi connectivity index (χ1v) is 8.44. The highest BCUT2D eigenvalue weighted by atomic mass is 14.9. The summed E-state index contributed by atoms with van der Waals surface area (Å²) < 4.78 is 0. The first kappa shape index (κ1) is 15.9. The maximum absolute atomic E-state index is 6.11. The Bertz CT molecular complexity index is 703. The number of nitrogen functional groups attached to an aromatic ring is 1. The molecule has 0 bridgehead atoms. The molecule has 0 amide bonds. The molecule has 2 aromatic rings. The van der Waals surface area contributed by atoms with E-state index in [9.17, 15) is 0 Å². The summed E-state index contributed by atoms with van der Waals surface area (Å²) in [6.07, 6.45) is 7.20. The average molecular weight is 310 g/mol. The Morgan fingerprint density at radius 2 is 1.96 bits per heavy atom. The molecular weight excluding hydrogens is 284 g/mol. The van der Waals surface area contributed by atoms with E-state index in [-0.39, 0.29) is 5.41 Å². The highest BCUT2D eigenvalue weighted by Crippen LogP contribution is 2.39. The van der Waals surface area contributed by atoms with E-state index in [1.807, 2.05) is 12.3 Å². The Morgan fingerprint density at radius 3 is 2.61 bits per heavy atom. The predicted octanol–water partition coefficient (Wildman–Crippen LogP) is 4.32. The van der Waals surface area contributed by atoms with Gasteiger partial charge in [0.2, 0.25) is 0 Å². The standard InChI is InChI=1S/C19H26N4/c1-12-5-6-14(9-12)17-18(20)22-11-15(23-17)13-7-8-21-16(10-13)19(2,3)4/h7-8,10-12,14H,5-6,9H2,1-4H3,(H2,20,22). The second-order valence-corrected chi connectivity index (χ2v) is 7.82. The van der Waals surface area contributed by atoms with E-state index >= 15 is 0 Å². The molecule has 4 nitrogen and oxygen atoms in total. The lowest BCUT2D eigenvalue weighted by Crippen LogP contribution is -2.13. The van der Waals surface area contributed by atoms with Crippen LogP contribution in [0.4, 0.5) is 5.82 Å². The lowest BCUT2D eigenvalue weighted by Gasteiger charge is -2.18. The van der Waals surface area contributed by atoms with Crippen molar-refractivity contribution >= 4 is 5.82 Å². The summed E-state index contributed by atoms with van der Waals surface area (Å²) in [5.74, 6) is 1.78. The minimum atomic E-state index is 0.0148. The Hall–Kier alpha value is -1.97. The highest BCUT2D eigenvalue weighted by molar-refractivity contribution is 5.60. The van der Waals surface area contributed by atoms with Crippen molar-refractivity contribution in [3.8, 4) is 11.3 Å². The van der Waals surface area contributed by atoms with Crippen molar-refractivity contribution < 1.29 is 0 Å². The molecule has 122 valence electrons. The SMILES string of the molecule is CC1CCC(c2nc(-c3ccnc(C(C)(C)C)c3)cnc2N)C1. The molecule has 0 radical (unpaired) electrons. The third-order valence-electron chi connectivity index (χ3n) is 4.73. The van der Waals surface area contributed by atoms with Crippen molar-refractivity contribution in [3.05, 3.63) is 35.9 Å². The third-order valence-corrected chi connectivity index (χ3v) is 4.73. The van der Waals surface area contributed by atoms with Gasteiger partial charge in [0.15, 0.2) is 0 Å². The zero-order valence-corrected chi connectivity index (χ0v) is 14.5. The Balaban J connectivity index is 1.98. The second-order valence-electron chi connectivity index (χ2n) is 7.82. The van der Waals surface area contributed by atoms with Crippen LogP contribution in [0.1, 0.15) is 64.3 Å². The summed E-state index contributed by atoms with van der Waals surface area (Å²) in [7, 11) is 0. The summed E-state index contributed by atoms with van der Waals surface area (Å²) in [5.41, 5.74) is 10.1. The Kier molecular flexibility index (Phi) is 4.09. The van der Waals surface area contributed by atoms with Crippen LogP contribution in [0.5, 0.6) is 0 Å². The minimum absolute atomic E-state index is 0.0148. The highest BCUT2D eigenvalue weighted by Gasteiger charge is 2.26. The summed E-state index contributed by atoms with van der Waals surface area (Å²) >= 11 is 0. The van der Waals surface area contributed by atoms with Crippen LogP contribution in [-0.2, 0) is 5.41 Å². The van der Waals surface area contributed by atoms with Crippen LogP contribution in [0.3, 0.4) is 0 Å². The molecule has 2 aromatic heterocycles. The van der Waals surface area contributed by atoms with E-state index in [0.717, 1.165) is 41.4 Å². The van der Waals surface area contributed by atoms with Gasteiger partial charge in [-0.2, -0.15) is 0 Å². The van der Waals surface area contributed by atoms with Gasteiger partial charge in [-0.05, 0) is 30.9 Å². The molecule has 0 aromatic carbocycles. The molecule has 1 saturated carbocycles. The lowest BCUT2D eigenvalue weighted by atomic mass is 9.90. The van der Waals surface area contributed by atoms with Gasteiger partial charge < -0.3 is 5.73 Å². The Morgan fingerprint density at radius 1 is 1.17 bits per heavy atom. The van der Waals surface area contributed by atoms with Crippen LogP contribution in [0.15, 0.2) is 24.5 Å². The number of aromatic nitrogens is 3. The van der Waals surface area contributed by atoms with Gasteiger partial charge in [0.05, 0.1) is 17.6 Å². The maximum Gasteiger partial charge on any atom is 0.145 e. The van der Waals surface area contributed by atoms with E-state index in [2.05, 4.69) is 43.7 Å². The molecule has 23 heavy (non-hydrogen) atoms. The van der Waals surface area contributed by atoms with Crippen molar-refractivity contribution in [2.75, 3.05) is 5.73 Å². The number of pyridine rings is 1. The average Bonchev–Trinajstić information content (AvgIpc) is 2.93. The lowest BCUT2D eigenvalue weighted by molar-refractivity contribution is 0.569. The van der Waals surface area contributed by atoms with Crippen LogP contribution in [0.25, 0.3) is 11.3 Å². The van der Waals surface area contributed by atoms with E-state index in [4.69, 9.17) is 10.7 Å². The van der Waals surface area contributed by atoms with E-state index < -0.39 is 0 Å². The smallest absolute Gasteiger partial charge is 0.145 e. The van der Waals surface area contributed by atoms with Gasteiger partial charge >= 0.3 is 0 Å². The fraction of sp³-hybridized carbons (Fsp3) is 0.526. The normalized spacial score (nSPS) is 21.6. The number of hydrogen-bond donors (Lipinski definition) is 1.